The largest absolute Gasteiger partial charge is 0.493 e. The van der Waals surface area contributed by atoms with E-state index in [9.17, 15) is 4.79 Å². The van der Waals surface area contributed by atoms with Crippen molar-refractivity contribution in [2.45, 2.75) is 19.4 Å². The van der Waals surface area contributed by atoms with Crippen LogP contribution >= 0.6 is 0 Å². The third-order valence-corrected chi connectivity index (χ3v) is 6.48. The molecule has 2 heterocycles. The molecular formula is C25H34N4O2. The van der Waals surface area contributed by atoms with Crippen LogP contribution in [0, 0.1) is 0 Å². The van der Waals surface area contributed by atoms with Crippen LogP contribution in [0.3, 0.4) is 0 Å². The van der Waals surface area contributed by atoms with Gasteiger partial charge in [0.1, 0.15) is 5.75 Å². The fourth-order valence-electron chi connectivity index (χ4n) is 4.61. The van der Waals surface area contributed by atoms with Crippen LogP contribution in [0.2, 0.25) is 0 Å². The molecule has 0 saturated carbocycles. The number of carbonyl (C=O) groups excluding carboxylic acids is 1. The summed E-state index contributed by atoms with van der Waals surface area (Å²) in [6.07, 6.45) is 1.09. The average Bonchev–Trinajstić information content (AvgIpc) is 3.16. The summed E-state index contributed by atoms with van der Waals surface area (Å²) in [6, 6.07) is 14.5. The normalized spacial score (nSPS) is 18.0. The molecule has 0 aromatic heterocycles. The number of amides is 1. The smallest absolute Gasteiger partial charge is 0.255 e. The monoisotopic (exact) mass is 422 g/mol. The molecule has 1 N–H and O–H groups in total. The molecule has 0 spiro atoms. The molecule has 1 fully saturated rings. The minimum absolute atomic E-state index is 0.0796. The predicted molar refractivity (Wildman–Crippen MR) is 125 cm³/mol. The van der Waals surface area contributed by atoms with Gasteiger partial charge in [0.15, 0.2) is 0 Å². The summed E-state index contributed by atoms with van der Waals surface area (Å²) in [5.74, 6) is 0.559. The maximum absolute atomic E-state index is 13.0. The van der Waals surface area contributed by atoms with Crippen LogP contribution in [0.15, 0.2) is 42.5 Å². The standard InChI is InChI=1S/C25H34N4O2/c1-4-31-24-8-6-5-7-21(24)25(30)26-18-23(29-15-13-27(2)14-16-29)19-9-10-22-20(17-19)11-12-28(22)3/h5-10,17,23H,4,11-16,18H2,1-3H3,(H,26,30)/t23-/m0/s1. The van der Waals surface area contributed by atoms with Crippen LogP contribution in [0.25, 0.3) is 0 Å². The maximum Gasteiger partial charge on any atom is 0.255 e. The van der Waals surface area contributed by atoms with Gasteiger partial charge in [-0.1, -0.05) is 24.3 Å². The van der Waals surface area contributed by atoms with E-state index >= 15 is 0 Å². The fraction of sp³-hybridized carbons (Fsp3) is 0.480. The van der Waals surface area contributed by atoms with Gasteiger partial charge >= 0.3 is 0 Å². The Bertz CT molecular complexity index is 908. The number of benzene rings is 2. The molecule has 0 bridgehead atoms. The minimum atomic E-state index is -0.0796. The van der Waals surface area contributed by atoms with E-state index in [4.69, 9.17) is 4.74 Å². The number of piperazine rings is 1. The lowest BCUT2D eigenvalue weighted by molar-refractivity contribution is 0.0883. The summed E-state index contributed by atoms with van der Waals surface area (Å²) in [5, 5.41) is 3.20. The Kier molecular flexibility index (Phi) is 6.78. The Hall–Kier alpha value is -2.57. The van der Waals surface area contributed by atoms with Gasteiger partial charge in [0.25, 0.3) is 5.91 Å². The Balaban J connectivity index is 1.54. The number of fused-ring (bicyclic) bond motifs is 1. The number of rotatable bonds is 7. The summed E-state index contributed by atoms with van der Waals surface area (Å²) in [4.78, 5) is 20.2. The third kappa shape index (κ3) is 4.86. The van der Waals surface area contributed by atoms with Gasteiger partial charge in [0, 0.05) is 52.0 Å². The molecule has 166 valence electrons. The van der Waals surface area contributed by atoms with Gasteiger partial charge in [0.2, 0.25) is 0 Å². The van der Waals surface area contributed by atoms with Crippen molar-refractivity contribution >= 4 is 11.6 Å². The van der Waals surface area contributed by atoms with Gasteiger partial charge in [0.05, 0.1) is 18.2 Å². The molecule has 1 saturated heterocycles. The molecule has 1 amide bonds. The van der Waals surface area contributed by atoms with Crippen LogP contribution in [0.5, 0.6) is 5.75 Å². The summed E-state index contributed by atoms with van der Waals surface area (Å²) in [7, 11) is 4.32. The summed E-state index contributed by atoms with van der Waals surface area (Å²) in [6.45, 7) is 8.23. The number of carbonyl (C=O) groups is 1. The van der Waals surface area contributed by atoms with Gasteiger partial charge in [-0.2, -0.15) is 0 Å². The van der Waals surface area contributed by atoms with E-state index in [2.05, 4.69) is 52.3 Å². The lowest BCUT2D eigenvalue weighted by Gasteiger charge is -2.38. The van der Waals surface area contributed by atoms with Crippen LogP contribution in [0.4, 0.5) is 5.69 Å². The first-order valence-electron chi connectivity index (χ1n) is 11.3. The molecule has 2 aliphatic heterocycles. The van der Waals surface area contributed by atoms with E-state index in [-0.39, 0.29) is 11.9 Å². The highest BCUT2D eigenvalue weighted by Crippen LogP contribution is 2.31. The number of para-hydroxylation sites is 1. The summed E-state index contributed by atoms with van der Waals surface area (Å²) < 4.78 is 5.66. The van der Waals surface area contributed by atoms with Gasteiger partial charge in [-0.25, -0.2) is 0 Å². The second-order valence-electron chi connectivity index (χ2n) is 8.55. The molecule has 4 rings (SSSR count). The Morgan fingerprint density at radius 1 is 1.06 bits per heavy atom. The van der Waals surface area contributed by atoms with Gasteiger partial charge in [-0.3, -0.25) is 9.69 Å². The molecule has 2 aliphatic rings. The van der Waals surface area contributed by atoms with E-state index in [1.807, 2.05) is 31.2 Å². The number of hydrogen-bond acceptors (Lipinski definition) is 5. The van der Waals surface area contributed by atoms with Crippen molar-refractivity contribution < 1.29 is 9.53 Å². The first-order chi connectivity index (χ1) is 15.1. The van der Waals surface area contributed by atoms with E-state index in [1.165, 1.54) is 16.8 Å². The van der Waals surface area contributed by atoms with Crippen molar-refractivity contribution in [2.75, 3.05) is 64.9 Å². The molecule has 0 unspecified atom stereocenters. The lowest BCUT2D eigenvalue weighted by atomic mass is 10.00. The fourth-order valence-corrected chi connectivity index (χ4v) is 4.61. The third-order valence-electron chi connectivity index (χ3n) is 6.48. The first-order valence-corrected chi connectivity index (χ1v) is 11.3. The molecule has 2 aromatic rings. The second kappa shape index (κ2) is 9.71. The molecule has 0 radical (unpaired) electrons. The van der Waals surface area contributed by atoms with Crippen molar-refractivity contribution in [3.8, 4) is 5.75 Å². The minimum Gasteiger partial charge on any atom is -0.493 e. The topological polar surface area (TPSA) is 48.1 Å². The predicted octanol–water partition coefficient (Wildman–Crippen LogP) is 2.80. The van der Waals surface area contributed by atoms with Crippen LogP contribution in [-0.2, 0) is 6.42 Å². The number of nitrogens with zero attached hydrogens (tertiary/aromatic N) is 3. The number of nitrogens with one attached hydrogen (secondary N) is 1. The number of anilines is 1. The Morgan fingerprint density at radius 3 is 2.61 bits per heavy atom. The summed E-state index contributed by atoms with van der Waals surface area (Å²) in [5.41, 5.74) is 4.62. The molecule has 1 atom stereocenters. The van der Waals surface area contributed by atoms with Gasteiger partial charge in [-0.15, -0.1) is 0 Å². The lowest BCUT2D eigenvalue weighted by Crippen LogP contribution is -2.48. The molecule has 31 heavy (non-hydrogen) atoms. The zero-order valence-electron chi connectivity index (χ0n) is 18.9. The highest BCUT2D eigenvalue weighted by atomic mass is 16.5. The number of hydrogen-bond donors (Lipinski definition) is 1. The summed E-state index contributed by atoms with van der Waals surface area (Å²) >= 11 is 0. The van der Waals surface area contributed by atoms with Crippen molar-refractivity contribution in [1.82, 2.24) is 15.1 Å². The quantitative estimate of drug-likeness (QED) is 0.744. The molecule has 2 aromatic carbocycles. The molecule has 0 aliphatic carbocycles. The Labute approximate surface area is 185 Å². The van der Waals surface area contributed by atoms with E-state index < -0.39 is 0 Å². The molecular weight excluding hydrogens is 388 g/mol. The van der Waals surface area contributed by atoms with Gasteiger partial charge < -0.3 is 19.9 Å². The Morgan fingerprint density at radius 2 is 1.84 bits per heavy atom. The van der Waals surface area contributed by atoms with Crippen LogP contribution < -0.4 is 15.0 Å². The number of ether oxygens (including phenoxy) is 1. The SMILES string of the molecule is CCOc1ccccc1C(=O)NC[C@@H](c1ccc2c(c1)CCN2C)N1CCN(C)CC1. The van der Waals surface area contributed by atoms with E-state index in [0.29, 0.717) is 24.5 Å². The maximum atomic E-state index is 13.0. The number of likely N-dealkylation sites (N-methyl/N-ethyl adjacent to an activating group) is 2. The zero-order chi connectivity index (χ0) is 21.8. The molecule has 6 nitrogen and oxygen atoms in total. The highest BCUT2D eigenvalue weighted by Gasteiger charge is 2.26. The van der Waals surface area contributed by atoms with Crippen molar-refractivity contribution in [3.05, 3.63) is 59.2 Å². The van der Waals surface area contributed by atoms with Crippen molar-refractivity contribution in [2.24, 2.45) is 0 Å². The van der Waals surface area contributed by atoms with Crippen molar-refractivity contribution in [3.63, 3.8) is 0 Å². The van der Waals surface area contributed by atoms with E-state index in [0.717, 1.165) is 39.1 Å². The van der Waals surface area contributed by atoms with Gasteiger partial charge in [-0.05, 0) is 49.7 Å². The van der Waals surface area contributed by atoms with Crippen molar-refractivity contribution in [1.29, 1.82) is 0 Å². The second-order valence-corrected chi connectivity index (χ2v) is 8.55. The molecule has 6 heteroatoms. The first kappa shape index (κ1) is 21.7. The average molecular weight is 423 g/mol. The highest BCUT2D eigenvalue weighted by molar-refractivity contribution is 5.96. The van der Waals surface area contributed by atoms with Crippen LogP contribution in [0.1, 0.15) is 34.5 Å². The zero-order valence-corrected chi connectivity index (χ0v) is 18.9. The van der Waals surface area contributed by atoms with Crippen LogP contribution in [-0.4, -0.2) is 75.7 Å². The van der Waals surface area contributed by atoms with E-state index in [1.54, 1.807) is 0 Å².